The van der Waals surface area contributed by atoms with Crippen LogP contribution in [0.2, 0.25) is 0 Å². The first kappa shape index (κ1) is 23.6. The number of ether oxygens (including phenoxy) is 1. The van der Waals surface area contributed by atoms with Crippen LogP contribution in [0.3, 0.4) is 0 Å². The molecule has 3 rings (SSSR count). The Labute approximate surface area is 192 Å². The average molecular weight is 472 g/mol. The van der Waals surface area contributed by atoms with E-state index < -0.39 is 10.0 Å². The maximum atomic E-state index is 12.7. The van der Waals surface area contributed by atoms with Gasteiger partial charge in [-0.25, -0.2) is 18.5 Å². The van der Waals surface area contributed by atoms with Crippen LogP contribution < -0.4 is 9.88 Å². The molecule has 1 amide bonds. The Morgan fingerprint density at radius 1 is 1.22 bits per heavy atom. The molecule has 168 valence electrons. The summed E-state index contributed by atoms with van der Waals surface area (Å²) in [6.07, 6.45) is 3.21. The number of likely N-dealkylation sites (N-methyl/N-ethyl adjacent to an activating group) is 1. The lowest BCUT2D eigenvalue weighted by molar-refractivity contribution is -0.126. The topological polar surface area (TPSA) is 103 Å². The molecule has 32 heavy (non-hydrogen) atoms. The SMILES string of the molecule is Cc1nc(COc2ccccc2/C=C/C(=O)N(C)C(C)c2ccc(S(N)(=O)=O)cc2)cs1. The summed E-state index contributed by atoms with van der Waals surface area (Å²) in [5.41, 5.74) is 2.44. The number of carbonyl (C=O) groups is 1. The fraction of sp³-hybridized carbons (Fsp3) is 0.217. The molecule has 0 aliphatic carbocycles. The number of thiazole rings is 1. The number of nitrogens with zero attached hydrogens (tertiary/aromatic N) is 2. The Morgan fingerprint density at radius 2 is 1.91 bits per heavy atom. The van der Waals surface area contributed by atoms with Crippen molar-refractivity contribution in [3.8, 4) is 5.75 Å². The van der Waals surface area contributed by atoms with Crippen LogP contribution in [0.15, 0.2) is 64.9 Å². The number of benzene rings is 2. The third-order valence-corrected chi connectivity index (χ3v) is 6.74. The zero-order valence-electron chi connectivity index (χ0n) is 18.1. The molecular formula is C23H25N3O4S2. The van der Waals surface area contributed by atoms with E-state index in [2.05, 4.69) is 4.98 Å². The fourth-order valence-corrected chi connectivity index (χ4v) is 4.12. The second kappa shape index (κ2) is 10.1. The van der Waals surface area contributed by atoms with Crippen molar-refractivity contribution in [1.82, 2.24) is 9.88 Å². The second-order valence-corrected chi connectivity index (χ2v) is 9.88. The van der Waals surface area contributed by atoms with Gasteiger partial charge in [-0.1, -0.05) is 30.3 Å². The highest BCUT2D eigenvalue weighted by Crippen LogP contribution is 2.23. The van der Waals surface area contributed by atoms with Crippen molar-refractivity contribution < 1.29 is 17.9 Å². The van der Waals surface area contributed by atoms with Gasteiger partial charge in [0, 0.05) is 24.1 Å². The molecule has 1 heterocycles. The van der Waals surface area contributed by atoms with E-state index in [0.29, 0.717) is 12.4 Å². The molecule has 0 spiro atoms. The Morgan fingerprint density at radius 3 is 2.53 bits per heavy atom. The lowest BCUT2D eigenvalue weighted by Crippen LogP contribution is -2.28. The largest absolute Gasteiger partial charge is 0.487 e. The monoisotopic (exact) mass is 471 g/mol. The van der Waals surface area contributed by atoms with Gasteiger partial charge in [0.15, 0.2) is 0 Å². The van der Waals surface area contributed by atoms with Gasteiger partial charge >= 0.3 is 0 Å². The van der Waals surface area contributed by atoms with Gasteiger partial charge in [-0.05, 0) is 43.7 Å². The van der Waals surface area contributed by atoms with Gasteiger partial charge in [-0.2, -0.15) is 0 Å². The Kier molecular flexibility index (Phi) is 7.44. The van der Waals surface area contributed by atoms with Gasteiger partial charge in [0.05, 0.1) is 21.6 Å². The Balaban J connectivity index is 1.67. The lowest BCUT2D eigenvalue weighted by Gasteiger charge is -2.24. The molecule has 3 aromatic rings. The predicted octanol–water partition coefficient (Wildman–Crippen LogP) is 3.91. The number of carbonyl (C=O) groups excluding carboxylic acids is 1. The normalized spacial score (nSPS) is 12.6. The van der Waals surface area contributed by atoms with Crippen molar-refractivity contribution in [3.63, 3.8) is 0 Å². The maximum absolute atomic E-state index is 12.7. The number of hydrogen-bond acceptors (Lipinski definition) is 6. The molecule has 0 aliphatic heterocycles. The van der Waals surface area contributed by atoms with Crippen LogP contribution in [0.25, 0.3) is 6.08 Å². The van der Waals surface area contributed by atoms with Crippen LogP contribution in [-0.4, -0.2) is 31.3 Å². The molecule has 0 radical (unpaired) electrons. The van der Waals surface area contributed by atoms with Gasteiger partial charge in [0.25, 0.3) is 0 Å². The van der Waals surface area contributed by atoms with E-state index in [1.54, 1.807) is 41.5 Å². The van der Waals surface area contributed by atoms with Gasteiger partial charge in [0.2, 0.25) is 15.9 Å². The van der Waals surface area contributed by atoms with E-state index in [9.17, 15) is 13.2 Å². The highest BCUT2D eigenvalue weighted by atomic mass is 32.2. The van der Waals surface area contributed by atoms with Crippen LogP contribution in [0.4, 0.5) is 0 Å². The number of aromatic nitrogens is 1. The number of sulfonamides is 1. The minimum Gasteiger partial charge on any atom is -0.487 e. The smallest absolute Gasteiger partial charge is 0.246 e. The number of nitrogens with two attached hydrogens (primary N) is 1. The maximum Gasteiger partial charge on any atom is 0.246 e. The first-order valence-corrected chi connectivity index (χ1v) is 12.3. The summed E-state index contributed by atoms with van der Waals surface area (Å²) >= 11 is 1.57. The molecule has 0 saturated carbocycles. The van der Waals surface area contributed by atoms with Crippen LogP contribution >= 0.6 is 11.3 Å². The van der Waals surface area contributed by atoms with Gasteiger partial charge < -0.3 is 9.64 Å². The third-order valence-electron chi connectivity index (χ3n) is 4.99. The molecule has 2 N–H and O–H groups in total. The first-order chi connectivity index (χ1) is 15.1. The van der Waals surface area contributed by atoms with E-state index in [1.807, 2.05) is 43.5 Å². The molecule has 0 aliphatic rings. The summed E-state index contributed by atoms with van der Waals surface area (Å²) in [6, 6.07) is 13.4. The van der Waals surface area contributed by atoms with Crippen molar-refractivity contribution >= 4 is 33.3 Å². The number of primary sulfonamides is 1. The van der Waals surface area contributed by atoms with E-state index >= 15 is 0 Å². The van der Waals surface area contributed by atoms with Gasteiger partial charge in [-0.3, -0.25) is 4.79 Å². The molecule has 0 bridgehead atoms. The summed E-state index contributed by atoms with van der Waals surface area (Å²) < 4.78 is 28.7. The van der Waals surface area contributed by atoms with Crippen LogP contribution in [0.5, 0.6) is 5.75 Å². The van der Waals surface area contributed by atoms with Gasteiger partial charge in [0.1, 0.15) is 12.4 Å². The number of hydrogen-bond donors (Lipinski definition) is 1. The number of amides is 1. The summed E-state index contributed by atoms with van der Waals surface area (Å²) in [5, 5.41) is 8.09. The molecule has 9 heteroatoms. The third kappa shape index (κ3) is 6.03. The second-order valence-electron chi connectivity index (χ2n) is 7.26. The zero-order chi connectivity index (χ0) is 23.3. The highest BCUT2D eigenvalue weighted by molar-refractivity contribution is 7.89. The molecule has 7 nitrogen and oxygen atoms in total. The predicted molar refractivity (Wildman–Crippen MR) is 126 cm³/mol. The van der Waals surface area contributed by atoms with Gasteiger partial charge in [-0.15, -0.1) is 11.3 Å². The molecular weight excluding hydrogens is 446 g/mol. The molecule has 1 atom stereocenters. The average Bonchev–Trinajstić information content (AvgIpc) is 3.20. The molecule has 2 aromatic carbocycles. The van der Waals surface area contributed by atoms with Crippen molar-refractivity contribution in [2.24, 2.45) is 5.14 Å². The number of rotatable bonds is 8. The summed E-state index contributed by atoms with van der Waals surface area (Å²) in [5.74, 6) is 0.467. The Bertz CT molecular complexity index is 1220. The highest BCUT2D eigenvalue weighted by Gasteiger charge is 2.17. The van der Waals surface area contributed by atoms with E-state index in [4.69, 9.17) is 9.88 Å². The first-order valence-electron chi connectivity index (χ1n) is 9.85. The van der Waals surface area contributed by atoms with Crippen LogP contribution in [0.1, 0.15) is 34.8 Å². The van der Waals surface area contributed by atoms with E-state index in [-0.39, 0.29) is 16.8 Å². The van der Waals surface area contributed by atoms with Crippen LogP contribution in [-0.2, 0) is 21.4 Å². The quantitative estimate of drug-likeness (QED) is 0.502. The van der Waals surface area contributed by atoms with Crippen molar-refractivity contribution in [1.29, 1.82) is 0 Å². The zero-order valence-corrected chi connectivity index (χ0v) is 19.7. The summed E-state index contributed by atoms with van der Waals surface area (Å²) in [6.45, 7) is 4.17. The molecule has 1 unspecified atom stereocenters. The van der Waals surface area contributed by atoms with Crippen molar-refractivity contribution in [2.45, 2.75) is 31.4 Å². The van der Waals surface area contributed by atoms with E-state index in [0.717, 1.165) is 21.8 Å². The minimum atomic E-state index is -3.75. The lowest BCUT2D eigenvalue weighted by atomic mass is 10.1. The van der Waals surface area contributed by atoms with Crippen LogP contribution in [0, 0.1) is 6.92 Å². The standard InChI is InChI=1S/C23H25N3O4S2/c1-16(18-8-11-21(12-9-18)32(24,28)29)26(3)23(27)13-10-19-6-4-5-7-22(19)30-14-20-15-31-17(2)25-20/h4-13,15-16H,14H2,1-3H3,(H2,24,28,29)/b13-10+. The van der Waals surface area contributed by atoms with Crippen molar-refractivity contribution in [3.05, 3.63) is 81.8 Å². The fourth-order valence-electron chi connectivity index (χ4n) is 3.01. The number of para-hydroxylation sites is 1. The summed E-state index contributed by atoms with van der Waals surface area (Å²) in [4.78, 5) is 18.7. The summed E-state index contributed by atoms with van der Waals surface area (Å²) in [7, 11) is -2.06. The molecule has 1 aromatic heterocycles. The van der Waals surface area contributed by atoms with E-state index in [1.165, 1.54) is 18.2 Å². The molecule has 0 saturated heterocycles. The number of aryl methyl sites for hydroxylation is 1. The van der Waals surface area contributed by atoms with Crippen molar-refractivity contribution in [2.75, 3.05) is 7.05 Å². The molecule has 0 fully saturated rings. The Hall–Kier alpha value is -3.01. The minimum absolute atomic E-state index is 0.0340.